The molecule has 2 aromatic carbocycles. The van der Waals surface area contributed by atoms with Gasteiger partial charge in [-0.1, -0.05) is 70.6 Å². The number of rotatable bonds is 5. The molecule has 1 aromatic heterocycles. The largest absolute Gasteiger partial charge is 0.333 e. The van der Waals surface area contributed by atoms with Crippen molar-refractivity contribution in [1.29, 1.82) is 0 Å². The second-order valence-electron chi connectivity index (χ2n) is 8.01. The highest BCUT2D eigenvalue weighted by atomic mass is 32.2. The van der Waals surface area contributed by atoms with Crippen molar-refractivity contribution in [2.75, 3.05) is 0 Å². The molecule has 28 heavy (non-hydrogen) atoms. The lowest BCUT2D eigenvalue weighted by molar-refractivity contribution is 0.0955. The number of fused-ring (bicyclic) bond motifs is 1. The Hall–Kier alpha value is -2.60. The van der Waals surface area contributed by atoms with Gasteiger partial charge in [0.2, 0.25) is 0 Å². The summed E-state index contributed by atoms with van der Waals surface area (Å²) in [5, 5.41) is 5.38. The van der Waals surface area contributed by atoms with Crippen molar-refractivity contribution in [3.8, 4) is 0 Å². The number of H-pyrrole nitrogens is 1. The third-order valence-corrected chi connectivity index (χ3v) is 5.11. The average molecular weight is 395 g/mol. The van der Waals surface area contributed by atoms with Crippen molar-refractivity contribution in [3.63, 3.8) is 0 Å². The van der Waals surface area contributed by atoms with E-state index in [0.29, 0.717) is 10.8 Å². The van der Waals surface area contributed by atoms with Crippen molar-refractivity contribution in [2.24, 2.45) is 5.10 Å². The van der Waals surface area contributed by atoms with Gasteiger partial charge in [0.15, 0.2) is 5.16 Å². The molecule has 1 heterocycles. The molecule has 0 unspecified atom stereocenters. The molecule has 0 aliphatic heterocycles. The van der Waals surface area contributed by atoms with E-state index in [1.54, 1.807) is 30.1 Å². The highest BCUT2D eigenvalue weighted by molar-refractivity contribution is 7.99. The number of carbonyl (C=O) groups excluding carboxylic acids is 1. The number of amides is 1. The Morgan fingerprint density at radius 2 is 1.89 bits per heavy atom. The number of imidazole rings is 1. The van der Waals surface area contributed by atoms with Crippen LogP contribution in [0.5, 0.6) is 0 Å². The highest BCUT2D eigenvalue weighted by Crippen LogP contribution is 2.24. The monoisotopic (exact) mass is 394 g/mol. The number of hydrogen-bond acceptors (Lipinski definition) is 4. The Labute approximate surface area is 170 Å². The van der Waals surface area contributed by atoms with E-state index in [1.807, 2.05) is 18.2 Å². The molecule has 0 aliphatic carbocycles. The lowest BCUT2D eigenvalue weighted by Crippen LogP contribution is -2.17. The van der Waals surface area contributed by atoms with Gasteiger partial charge in [-0.25, -0.2) is 10.4 Å². The Morgan fingerprint density at radius 1 is 1.18 bits per heavy atom. The summed E-state index contributed by atoms with van der Waals surface area (Å²) in [5.74, 6) is -0.253. The molecule has 0 atom stereocenters. The average Bonchev–Trinajstić information content (AvgIpc) is 3.01. The first-order valence-electron chi connectivity index (χ1n) is 9.33. The van der Waals surface area contributed by atoms with Crippen LogP contribution >= 0.6 is 11.8 Å². The van der Waals surface area contributed by atoms with E-state index < -0.39 is 0 Å². The van der Waals surface area contributed by atoms with Gasteiger partial charge in [-0.05, 0) is 34.7 Å². The van der Waals surface area contributed by atoms with Crippen LogP contribution in [0.1, 0.15) is 56.1 Å². The highest BCUT2D eigenvalue weighted by Gasteiger charge is 2.12. The summed E-state index contributed by atoms with van der Waals surface area (Å²) in [7, 11) is 0. The molecule has 2 N–H and O–H groups in total. The third-order valence-electron chi connectivity index (χ3n) is 4.23. The lowest BCUT2D eigenvalue weighted by atomic mass is 9.87. The Morgan fingerprint density at radius 3 is 2.54 bits per heavy atom. The number of nitrogens with one attached hydrogen (secondary N) is 2. The van der Waals surface area contributed by atoms with Crippen LogP contribution in [-0.4, -0.2) is 27.3 Å². The Balaban J connectivity index is 1.66. The fourth-order valence-electron chi connectivity index (χ4n) is 2.71. The van der Waals surface area contributed by atoms with Crippen molar-refractivity contribution in [2.45, 2.75) is 50.4 Å². The minimum absolute atomic E-state index is 0.114. The molecular formula is C22H26N4OS. The maximum absolute atomic E-state index is 12.4. The van der Waals surface area contributed by atoms with Crippen LogP contribution in [0, 0.1) is 0 Å². The van der Waals surface area contributed by atoms with E-state index in [9.17, 15) is 4.79 Å². The van der Waals surface area contributed by atoms with Crippen LogP contribution in [-0.2, 0) is 5.41 Å². The van der Waals surface area contributed by atoms with Gasteiger partial charge in [-0.3, -0.25) is 4.79 Å². The van der Waals surface area contributed by atoms with Gasteiger partial charge in [0, 0.05) is 10.8 Å². The van der Waals surface area contributed by atoms with Gasteiger partial charge in [-0.2, -0.15) is 5.10 Å². The number of hydrogen-bond donors (Lipinski definition) is 2. The number of nitrogens with zero attached hydrogens (tertiary/aromatic N) is 2. The predicted octanol–water partition coefficient (Wildman–Crippen LogP) is 5.12. The third kappa shape index (κ3) is 5.01. The van der Waals surface area contributed by atoms with Crippen LogP contribution < -0.4 is 5.43 Å². The molecule has 3 aromatic rings. The van der Waals surface area contributed by atoms with E-state index in [1.165, 1.54) is 5.56 Å². The van der Waals surface area contributed by atoms with Gasteiger partial charge in [0.1, 0.15) is 0 Å². The number of carbonyl (C=O) groups is 1. The zero-order valence-electron chi connectivity index (χ0n) is 16.9. The van der Waals surface area contributed by atoms with Crippen LogP contribution in [0.15, 0.2) is 52.7 Å². The fourth-order valence-corrected chi connectivity index (χ4v) is 3.47. The number of thioether (sulfide) groups is 1. The van der Waals surface area contributed by atoms with E-state index in [4.69, 9.17) is 0 Å². The van der Waals surface area contributed by atoms with Gasteiger partial charge < -0.3 is 4.98 Å². The molecule has 0 radical (unpaired) electrons. The van der Waals surface area contributed by atoms with Crippen LogP contribution in [0.25, 0.3) is 11.0 Å². The molecule has 0 saturated carbocycles. The topological polar surface area (TPSA) is 70.1 Å². The molecular weight excluding hydrogens is 368 g/mol. The number of aromatic nitrogens is 2. The van der Waals surface area contributed by atoms with Crippen LogP contribution in [0.2, 0.25) is 0 Å². The minimum Gasteiger partial charge on any atom is -0.333 e. The maximum Gasteiger partial charge on any atom is 0.271 e. The first-order chi connectivity index (χ1) is 13.2. The summed E-state index contributed by atoms with van der Waals surface area (Å²) in [6.07, 6.45) is 1.65. The molecule has 6 heteroatoms. The summed E-state index contributed by atoms with van der Waals surface area (Å²) < 4.78 is 0. The molecule has 0 aliphatic rings. The van der Waals surface area contributed by atoms with Crippen molar-refractivity contribution >= 4 is 34.9 Å². The van der Waals surface area contributed by atoms with E-state index in [-0.39, 0.29) is 11.3 Å². The molecule has 3 rings (SSSR count). The number of benzene rings is 2. The number of hydrazone groups is 1. The summed E-state index contributed by atoms with van der Waals surface area (Å²) >= 11 is 1.66. The Kier molecular flexibility index (Phi) is 5.89. The van der Waals surface area contributed by atoms with Crippen LogP contribution in [0.3, 0.4) is 0 Å². The molecule has 0 bridgehead atoms. The first kappa shape index (κ1) is 20.1. The van der Waals surface area contributed by atoms with E-state index in [0.717, 1.165) is 21.8 Å². The molecule has 0 spiro atoms. The van der Waals surface area contributed by atoms with Gasteiger partial charge in [0.05, 0.1) is 17.2 Å². The standard InChI is InChI=1S/C22H26N4OS/c1-14(2)28-21-24-18-11-8-16(12-19(18)25-21)20(27)26-23-13-15-6-9-17(10-7-15)22(3,4)5/h6-14H,1-5H3,(H,24,25)(H,26,27)/b23-13-. The van der Waals surface area contributed by atoms with Gasteiger partial charge in [-0.15, -0.1) is 0 Å². The van der Waals surface area contributed by atoms with E-state index in [2.05, 4.69) is 67.2 Å². The second-order valence-corrected chi connectivity index (χ2v) is 9.58. The quantitative estimate of drug-likeness (QED) is 0.358. The van der Waals surface area contributed by atoms with Crippen molar-refractivity contribution in [3.05, 3.63) is 59.2 Å². The zero-order chi connectivity index (χ0) is 20.3. The Bertz CT molecular complexity index is 998. The second kappa shape index (κ2) is 8.19. The van der Waals surface area contributed by atoms with Crippen molar-refractivity contribution < 1.29 is 4.79 Å². The fraction of sp³-hybridized carbons (Fsp3) is 0.318. The van der Waals surface area contributed by atoms with Crippen LogP contribution in [0.4, 0.5) is 0 Å². The summed E-state index contributed by atoms with van der Waals surface area (Å²) in [6.45, 7) is 10.8. The predicted molar refractivity (Wildman–Crippen MR) is 117 cm³/mol. The zero-order valence-corrected chi connectivity index (χ0v) is 17.7. The van der Waals surface area contributed by atoms with Gasteiger partial charge in [0.25, 0.3) is 5.91 Å². The molecule has 0 saturated heterocycles. The van der Waals surface area contributed by atoms with Crippen molar-refractivity contribution in [1.82, 2.24) is 15.4 Å². The molecule has 0 fully saturated rings. The summed E-state index contributed by atoms with van der Waals surface area (Å²) in [5.41, 5.74) is 7.13. The van der Waals surface area contributed by atoms with E-state index >= 15 is 0 Å². The molecule has 1 amide bonds. The summed E-state index contributed by atoms with van der Waals surface area (Å²) in [6, 6.07) is 13.6. The minimum atomic E-state index is -0.253. The maximum atomic E-state index is 12.4. The lowest BCUT2D eigenvalue weighted by Gasteiger charge is -2.18. The smallest absolute Gasteiger partial charge is 0.271 e. The SMILES string of the molecule is CC(C)Sc1nc2ccc(C(=O)N/N=C\c3ccc(C(C)(C)C)cc3)cc2[nH]1. The van der Waals surface area contributed by atoms with Gasteiger partial charge >= 0.3 is 0 Å². The first-order valence-corrected chi connectivity index (χ1v) is 10.2. The normalized spacial score (nSPS) is 12.2. The molecule has 5 nitrogen and oxygen atoms in total. The molecule has 146 valence electrons. The number of aromatic amines is 1. The summed E-state index contributed by atoms with van der Waals surface area (Å²) in [4.78, 5) is 20.2.